The van der Waals surface area contributed by atoms with Crippen LogP contribution in [0, 0.1) is 0 Å². The van der Waals surface area contributed by atoms with Crippen LogP contribution in [-0.2, 0) is 4.79 Å². The third-order valence-corrected chi connectivity index (χ3v) is 3.60. The molecule has 2 rings (SSSR count). The highest BCUT2D eigenvalue weighted by molar-refractivity contribution is 6.35. The number of halogens is 2. The molecule has 0 aliphatic rings. The number of amides is 1. The highest BCUT2D eigenvalue weighted by Crippen LogP contribution is 2.22. The molecule has 2 nitrogen and oxygen atoms in total. The van der Waals surface area contributed by atoms with Crippen molar-refractivity contribution in [2.75, 3.05) is 0 Å². The van der Waals surface area contributed by atoms with Crippen molar-refractivity contribution in [3.8, 4) is 0 Å². The summed E-state index contributed by atoms with van der Waals surface area (Å²) in [5, 5.41) is 3.99. The van der Waals surface area contributed by atoms with E-state index in [0.29, 0.717) is 10.0 Å². The lowest BCUT2D eigenvalue weighted by Gasteiger charge is -2.12. The van der Waals surface area contributed by atoms with Crippen LogP contribution >= 0.6 is 23.2 Å². The molecule has 0 aromatic heterocycles. The summed E-state index contributed by atoms with van der Waals surface area (Å²) in [5.74, 6) is -0.169. The predicted octanol–water partition coefficient (Wildman–Crippen LogP) is 4.88. The standard InChI is InChI=1S/C17H15Cl2NO/c1-12(13-5-3-2-4-6-13)20-17(21)10-8-14-7-9-15(18)11-16(14)19/h2-12H,1H3,(H,20,21)/t12-/m1/s1. The second-order valence-corrected chi connectivity index (χ2v) is 5.48. The molecule has 0 saturated carbocycles. The maximum absolute atomic E-state index is 11.9. The molecule has 1 amide bonds. The molecule has 2 aromatic rings. The Morgan fingerprint density at radius 2 is 1.86 bits per heavy atom. The Morgan fingerprint density at radius 1 is 1.14 bits per heavy atom. The number of benzene rings is 2. The molecule has 0 bridgehead atoms. The molecule has 2 aromatic carbocycles. The number of rotatable bonds is 4. The average molecular weight is 320 g/mol. The van der Waals surface area contributed by atoms with Crippen molar-refractivity contribution in [2.45, 2.75) is 13.0 Å². The number of carbonyl (C=O) groups excluding carboxylic acids is 1. The van der Waals surface area contributed by atoms with E-state index in [4.69, 9.17) is 23.2 Å². The van der Waals surface area contributed by atoms with E-state index in [2.05, 4.69) is 5.32 Å². The summed E-state index contributed by atoms with van der Waals surface area (Å²) in [7, 11) is 0. The molecule has 0 unspecified atom stereocenters. The van der Waals surface area contributed by atoms with Crippen molar-refractivity contribution in [3.63, 3.8) is 0 Å². The van der Waals surface area contributed by atoms with Crippen LogP contribution in [0.4, 0.5) is 0 Å². The Kier molecular flexibility index (Phi) is 5.43. The van der Waals surface area contributed by atoms with E-state index >= 15 is 0 Å². The smallest absolute Gasteiger partial charge is 0.244 e. The fourth-order valence-corrected chi connectivity index (χ4v) is 2.36. The van der Waals surface area contributed by atoms with Crippen LogP contribution in [0.1, 0.15) is 24.1 Å². The maximum atomic E-state index is 11.9. The molecule has 0 fully saturated rings. The van der Waals surface area contributed by atoms with Crippen LogP contribution in [-0.4, -0.2) is 5.91 Å². The second-order valence-electron chi connectivity index (χ2n) is 4.64. The summed E-state index contributed by atoms with van der Waals surface area (Å²) >= 11 is 11.9. The van der Waals surface area contributed by atoms with Gasteiger partial charge in [-0.2, -0.15) is 0 Å². The van der Waals surface area contributed by atoms with Gasteiger partial charge in [-0.25, -0.2) is 0 Å². The minimum Gasteiger partial charge on any atom is -0.346 e. The van der Waals surface area contributed by atoms with Crippen LogP contribution in [0.3, 0.4) is 0 Å². The van der Waals surface area contributed by atoms with Gasteiger partial charge in [-0.3, -0.25) is 4.79 Å². The zero-order valence-electron chi connectivity index (χ0n) is 11.5. The van der Waals surface area contributed by atoms with E-state index in [0.717, 1.165) is 11.1 Å². The van der Waals surface area contributed by atoms with Gasteiger partial charge in [0.05, 0.1) is 6.04 Å². The van der Waals surface area contributed by atoms with Crippen molar-refractivity contribution < 1.29 is 4.79 Å². The molecule has 1 N–H and O–H groups in total. The van der Waals surface area contributed by atoms with Gasteiger partial charge >= 0.3 is 0 Å². The van der Waals surface area contributed by atoms with Gasteiger partial charge in [0.15, 0.2) is 0 Å². The zero-order valence-corrected chi connectivity index (χ0v) is 13.0. The van der Waals surface area contributed by atoms with E-state index in [1.54, 1.807) is 24.3 Å². The van der Waals surface area contributed by atoms with E-state index in [1.165, 1.54) is 6.08 Å². The molecule has 0 aliphatic carbocycles. The summed E-state index contributed by atoms with van der Waals surface area (Å²) < 4.78 is 0. The lowest BCUT2D eigenvalue weighted by molar-refractivity contribution is -0.117. The summed E-state index contributed by atoms with van der Waals surface area (Å²) in [5.41, 5.74) is 1.81. The van der Waals surface area contributed by atoms with Crippen LogP contribution in [0.2, 0.25) is 10.0 Å². The lowest BCUT2D eigenvalue weighted by Crippen LogP contribution is -2.24. The van der Waals surface area contributed by atoms with Crippen LogP contribution < -0.4 is 5.32 Å². The molecule has 108 valence electrons. The van der Waals surface area contributed by atoms with E-state index in [1.807, 2.05) is 37.3 Å². The Hall–Kier alpha value is -1.77. The number of hydrogen-bond acceptors (Lipinski definition) is 1. The quantitative estimate of drug-likeness (QED) is 0.799. The third kappa shape index (κ3) is 4.62. The highest BCUT2D eigenvalue weighted by Gasteiger charge is 2.06. The van der Waals surface area contributed by atoms with Crippen LogP contribution in [0.15, 0.2) is 54.6 Å². The van der Waals surface area contributed by atoms with Crippen molar-refractivity contribution in [3.05, 3.63) is 75.8 Å². The van der Waals surface area contributed by atoms with E-state index < -0.39 is 0 Å². The van der Waals surface area contributed by atoms with Crippen molar-refractivity contribution >= 4 is 35.2 Å². The first-order chi connectivity index (χ1) is 10.1. The largest absolute Gasteiger partial charge is 0.346 e. The van der Waals surface area contributed by atoms with Gasteiger partial charge in [0.1, 0.15) is 0 Å². The van der Waals surface area contributed by atoms with Crippen molar-refractivity contribution in [2.24, 2.45) is 0 Å². The molecule has 0 saturated heterocycles. The van der Waals surface area contributed by atoms with E-state index in [-0.39, 0.29) is 11.9 Å². The van der Waals surface area contributed by atoms with Gasteiger partial charge in [0, 0.05) is 16.1 Å². The molecule has 0 spiro atoms. The number of carbonyl (C=O) groups is 1. The monoisotopic (exact) mass is 319 g/mol. The first-order valence-corrected chi connectivity index (χ1v) is 7.30. The average Bonchev–Trinajstić information content (AvgIpc) is 2.47. The SMILES string of the molecule is C[C@@H](NC(=O)C=Cc1ccc(Cl)cc1Cl)c1ccccc1. The van der Waals surface area contributed by atoms with Crippen molar-refractivity contribution in [1.82, 2.24) is 5.32 Å². The minimum absolute atomic E-state index is 0.0518. The van der Waals surface area contributed by atoms with Gasteiger partial charge in [-0.1, -0.05) is 59.6 Å². The molecular formula is C17H15Cl2NO. The van der Waals surface area contributed by atoms with Gasteiger partial charge in [-0.05, 0) is 36.3 Å². The Morgan fingerprint density at radius 3 is 2.52 bits per heavy atom. The van der Waals surface area contributed by atoms with Gasteiger partial charge in [0.25, 0.3) is 0 Å². The topological polar surface area (TPSA) is 29.1 Å². The molecule has 4 heteroatoms. The third-order valence-electron chi connectivity index (χ3n) is 3.04. The van der Waals surface area contributed by atoms with Gasteiger partial charge in [-0.15, -0.1) is 0 Å². The molecular weight excluding hydrogens is 305 g/mol. The van der Waals surface area contributed by atoms with Crippen molar-refractivity contribution in [1.29, 1.82) is 0 Å². The number of hydrogen-bond donors (Lipinski definition) is 1. The summed E-state index contributed by atoms with van der Waals surface area (Å²) in [4.78, 5) is 11.9. The summed E-state index contributed by atoms with van der Waals surface area (Å²) in [6.45, 7) is 1.94. The van der Waals surface area contributed by atoms with E-state index in [9.17, 15) is 4.79 Å². The summed E-state index contributed by atoms with van der Waals surface area (Å²) in [6, 6.07) is 14.9. The van der Waals surface area contributed by atoms with Gasteiger partial charge < -0.3 is 5.32 Å². The van der Waals surface area contributed by atoms with Gasteiger partial charge in [0.2, 0.25) is 5.91 Å². The predicted molar refractivity (Wildman–Crippen MR) is 88.5 cm³/mol. The summed E-state index contributed by atoms with van der Waals surface area (Å²) in [6.07, 6.45) is 3.14. The molecule has 0 heterocycles. The normalized spacial score (nSPS) is 12.3. The van der Waals surface area contributed by atoms with Crippen LogP contribution in [0.5, 0.6) is 0 Å². The Labute approximate surface area is 134 Å². The molecule has 1 atom stereocenters. The first-order valence-electron chi connectivity index (χ1n) is 6.55. The molecule has 21 heavy (non-hydrogen) atoms. The lowest BCUT2D eigenvalue weighted by atomic mass is 10.1. The zero-order chi connectivity index (χ0) is 15.2. The number of nitrogens with one attached hydrogen (secondary N) is 1. The fraction of sp³-hybridized carbons (Fsp3) is 0.118. The maximum Gasteiger partial charge on any atom is 0.244 e. The first kappa shape index (κ1) is 15.6. The highest BCUT2D eigenvalue weighted by atomic mass is 35.5. The minimum atomic E-state index is -0.169. The molecule has 0 aliphatic heterocycles. The molecule has 0 radical (unpaired) electrons. The Bertz CT molecular complexity index is 653. The fourth-order valence-electron chi connectivity index (χ4n) is 1.89. The van der Waals surface area contributed by atoms with Crippen LogP contribution in [0.25, 0.3) is 6.08 Å². The second kappa shape index (κ2) is 7.30. The Balaban J connectivity index is 2.00.